The fourth-order valence-corrected chi connectivity index (χ4v) is 5.02. The maximum Gasteiger partial charge on any atom is 0.270 e. The molecule has 31 heavy (non-hydrogen) atoms. The molecule has 1 aromatic carbocycles. The number of hydrogen-bond donors (Lipinski definition) is 0. The lowest BCUT2D eigenvalue weighted by Crippen LogP contribution is -2.38. The average molecular weight is 432 g/mol. The predicted molar refractivity (Wildman–Crippen MR) is 123 cm³/mol. The molecule has 0 saturated carbocycles. The molecular weight excluding hydrogens is 406 g/mol. The van der Waals surface area contributed by atoms with Gasteiger partial charge in [0.25, 0.3) is 5.91 Å². The normalized spacial score (nSPS) is 16.1. The van der Waals surface area contributed by atoms with Crippen molar-refractivity contribution in [1.82, 2.24) is 14.5 Å². The van der Waals surface area contributed by atoms with Crippen molar-refractivity contribution < 1.29 is 9.53 Å². The third kappa shape index (κ3) is 4.40. The fraction of sp³-hybridized carbons (Fsp3) is 0.280. The lowest BCUT2D eigenvalue weighted by Gasteiger charge is -2.26. The van der Waals surface area contributed by atoms with E-state index in [0.717, 1.165) is 41.1 Å². The molecule has 4 aromatic rings. The maximum atomic E-state index is 13.8. The maximum absolute atomic E-state index is 13.8. The van der Waals surface area contributed by atoms with Crippen LogP contribution in [0.25, 0.3) is 10.2 Å². The van der Waals surface area contributed by atoms with E-state index in [-0.39, 0.29) is 12.0 Å². The van der Waals surface area contributed by atoms with Gasteiger partial charge in [-0.15, -0.1) is 11.3 Å². The van der Waals surface area contributed by atoms with Gasteiger partial charge in [0.1, 0.15) is 5.69 Å². The van der Waals surface area contributed by atoms with Gasteiger partial charge >= 0.3 is 0 Å². The fourth-order valence-electron chi connectivity index (χ4n) is 4.19. The molecule has 0 bridgehead atoms. The number of hydrogen-bond acceptors (Lipinski definition) is 4. The second-order valence-corrected chi connectivity index (χ2v) is 8.86. The molecule has 0 N–H and O–H groups in total. The number of carbonyl (C=O) groups is 1. The van der Waals surface area contributed by atoms with E-state index in [4.69, 9.17) is 4.74 Å². The van der Waals surface area contributed by atoms with Crippen molar-refractivity contribution >= 4 is 27.5 Å². The Labute approximate surface area is 185 Å². The number of benzene rings is 1. The lowest BCUT2D eigenvalue weighted by atomic mass is 10.2. The molecule has 1 saturated heterocycles. The van der Waals surface area contributed by atoms with E-state index in [9.17, 15) is 4.79 Å². The topological polar surface area (TPSA) is 47.4 Å². The molecule has 4 heterocycles. The van der Waals surface area contributed by atoms with Gasteiger partial charge in [-0.05, 0) is 48.1 Å². The molecule has 5 rings (SSSR count). The minimum atomic E-state index is 0.0282. The van der Waals surface area contributed by atoms with Crippen LogP contribution < -0.4 is 0 Å². The summed E-state index contributed by atoms with van der Waals surface area (Å²) in [5.41, 5.74) is 3.89. The molecule has 0 spiro atoms. The van der Waals surface area contributed by atoms with Crippen molar-refractivity contribution in [3.05, 3.63) is 89.2 Å². The highest BCUT2D eigenvalue weighted by Crippen LogP contribution is 2.28. The van der Waals surface area contributed by atoms with Gasteiger partial charge in [-0.25, -0.2) is 0 Å². The average Bonchev–Trinajstić information content (AvgIpc) is 3.54. The lowest BCUT2D eigenvalue weighted by molar-refractivity contribution is 0.0497. The minimum absolute atomic E-state index is 0.0282. The number of aromatic nitrogens is 2. The molecule has 158 valence electrons. The highest BCUT2D eigenvalue weighted by molar-refractivity contribution is 7.17. The Hall–Kier alpha value is -2.96. The summed E-state index contributed by atoms with van der Waals surface area (Å²) in [7, 11) is 0. The summed E-state index contributed by atoms with van der Waals surface area (Å²) >= 11 is 1.67. The molecular formula is C25H25N3O2S. The van der Waals surface area contributed by atoms with Crippen LogP contribution in [0.3, 0.4) is 0 Å². The smallest absolute Gasteiger partial charge is 0.270 e. The van der Waals surface area contributed by atoms with Crippen molar-refractivity contribution in [1.29, 1.82) is 0 Å². The van der Waals surface area contributed by atoms with Crippen LogP contribution in [-0.4, -0.2) is 39.6 Å². The molecule has 0 unspecified atom stereocenters. The second-order valence-electron chi connectivity index (χ2n) is 7.91. The minimum Gasteiger partial charge on any atom is -0.376 e. The van der Waals surface area contributed by atoms with Crippen molar-refractivity contribution in [3.8, 4) is 0 Å². The predicted octanol–water partition coefficient (Wildman–Crippen LogP) is 4.97. The van der Waals surface area contributed by atoms with Crippen molar-refractivity contribution in [2.45, 2.75) is 32.0 Å². The monoisotopic (exact) mass is 431 g/mol. The van der Waals surface area contributed by atoms with Gasteiger partial charge < -0.3 is 14.2 Å². The Morgan fingerprint density at radius 3 is 2.81 bits per heavy atom. The summed E-state index contributed by atoms with van der Waals surface area (Å²) < 4.78 is 9.13. The molecule has 1 fully saturated rings. The standard InChI is InChI=1S/C25H25N3O2S/c29-25(27(18-21-10-6-13-30-21)17-20-9-4-5-12-26-20)23-15-24-22(11-14-31-24)28(23)16-19-7-2-1-3-8-19/h1-5,7-9,11-12,14-15,21H,6,10,13,16-18H2/t21-/m1/s1. The van der Waals surface area contributed by atoms with Crippen LogP contribution >= 0.6 is 11.3 Å². The van der Waals surface area contributed by atoms with Gasteiger partial charge in [0.15, 0.2) is 0 Å². The van der Waals surface area contributed by atoms with Crippen molar-refractivity contribution in [2.24, 2.45) is 0 Å². The number of fused-ring (bicyclic) bond motifs is 1. The summed E-state index contributed by atoms with van der Waals surface area (Å²) in [5.74, 6) is 0.0282. The summed E-state index contributed by atoms with van der Waals surface area (Å²) in [5, 5.41) is 2.08. The Kier molecular flexibility index (Phi) is 5.82. The first-order valence-electron chi connectivity index (χ1n) is 10.7. The SMILES string of the molecule is O=C(c1cc2sccc2n1Cc1ccccc1)N(Cc1ccccn1)C[C@H]1CCCO1. The Morgan fingerprint density at radius 1 is 1.16 bits per heavy atom. The molecule has 1 aliphatic rings. The third-order valence-corrected chi connectivity index (χ3v) is 6.59. The Morgan fingerprint density at radius 2 is 2.03 bits per heavy atom. The van der Waals surface area contributed by atoms with E-state index in [1.165, 1.54) is 5.56 Å². The van der Waals surface area contributed by atoms with E-state index in [0.29, 0.717) is 19.6 Å². The molecule has 0 radical (unpaired) electrons. The number of ether oxygens (including phenoxy) is 1. The van der Waals surface area contributed by atoms with Crippen LogP contribution in [0.2, 0.25) is 0 Å². The second kappa shape index (κ2) is 9.04. The largest absolute Gasteiger partial charge is 0.376 e. The van der Waals surface area contributed by atoms with Crippen LogP contribution in [-0.2, 0) is 17.8 Å². The summed E-state index contributed by atoms with van der Waals surface area (Å²) in [4.78, 5) is 20.2. The van der Waals surface area contributed by atoms with Gasteiger partial charge in [0.2, 0.25) is 0 Å². The molecule has 1 amide bonds. The Bertz CT molecular complexity index is 1150. The first kappa shape index (κ1) is 20.0. The van der Waals surface area contributed by atoms with Crippen LogP contribution in [0.4, 0.5) is 0 Å². The molecule has 5 nitrogen and oxygen atoms in total. The first-order valence-corrected chi connectivity index (χ1v) is 11.6. The van der Waals surface area contributed by atoms with Crippen molar-refractivity contribution in [3.63, 3.8) is 0 Å². The van der Waals surface area contributed by atoms with Gasteiger partial charge in [0.05, 0.1) is 28.6 Å². The zero-order chi connectivity index (χ0) is 21.0. The van der Waals surface area contributed by atoms with E-state index >= 15 is 0 Å². The summed E-state index contributed by atoms with van der Waals surface area (Å²) in [6.07, 6.45) is 3.91. The number of amides is 1. The number of thiophene rings is 1. The van der Waals surface area contributed by atoms with E-state index in [2.05, 4.69) is 33.1 Å². The zero-order valence-corrected chi connectivity index (χ0v) is 18.1. The third-order valence-electron chi connectivity index (χ3n) is 5.74. The van der Waals surface area contributed by atoms with Gasteiger partial charge in [-0.1, -0.05) is 36.4 Å². The highest BCUT2D eigenvalue weighted by atomic mass is 32.1. The van der Waals surface area contributed by atoms with E-state index in [1.807, 2.05) is 47.4 Å². The molecule has 3 aromatic heterocycles. The quantitative estimate of drug-likeness (QED) is 0.415. The Balaban J connectivity index is 1.49. The first-order chi connectivity index (χ1) is 15.3. The van der Waals surface area contributed by atoms with Crippen LogP contribution in [0.5, 0.6) is 0 Å². The van der Waals surface area contributed by atoms with E-state index in [1.54, 1.807) is 17.5 Å². The molecule has 6 heteroatoms. The number of carbonyl (C=O) groups excluding carboxylic acids is 1. The number of rotatable bonds is 7. The van der Waals surface area contributed by atoms with Crippen LogP contribution in [0, 0.1) is 0 Å². The van der Waals surface area contributed by atoms with Gasteiger partial charge in [0, 0.05) is 25.9 Å². The molecule has 1 atom stereocenters. The summed E-state index contributed by atoms with van der Waals surface area (Å²) in [6, 6.07) is 20.3. The molecule has 0 aliphatic carbocycles. The van der Waals surface area contributed by atoms with Crippen LogP contribution in [0.1, 0.15) is 34.6 Å². The van der Waals surface area contributed by atoms with Crippen LogP contribution in [0.15, 0.2) is 72.2 Å². The summed E-state index contributed by atoms with van der Waals surface area (Å²) in [6.45, 7) is 2.50. The van der Waals surface area contributed by atoms with Crippen molar-refractivity contribution in [2.75, 3.05) is 13.2 Å². The highest BCUT2D eigenvalue weighted by Gasteiger charge is 2.27. The zero-order valence-electron chi connectivity index (χ0n) is 17.3. The van der Waals surface area contributed by atoms with E-state index < -0.39 is 0 Å². The van der Waals surface area contributed by atoms with Gasteiger partial charge in [-0.2, -0.15) is 0 Å². The molecule has 1 aliphatic heterocycles. The van der Waals surface area contributed by atoms with Gasteiger partial charge in [-0.3, -0.25) is 9.78 Å². The number of nitrogens with zero attached hydrogens (tertiary/aromatic N) is 3. The number of pyridine rings is 1.